The molecule has 0 spiro atoms. The molecule has 18 heavy (non-hydrogen) atoms. The topological polar surface area (TPSA) is 12.0 Å². The van der Waals surface area contributed by atoms with Crippen LogP contribution in [-0.2, 0) is 0 Å². The standard InChI is InChI=1S/C17H25N/c1-14-8-6-12-17(15(14)2)18-13-7-11-16-9-4-3-5-10-16/h3-5,7,9-11,14-15,17-18H,6,8,12-13H2,1-2H3/b11-7+/t14-,15-,17+/m1/s1. The highest BCUT2D eigenvalue weighted by Crippen LogP contribution is 2.29. The van der Waals surface area contributed by atoms with Crippen LogP contribution in [0.5, 0.6) is 0 Å². The van der Waals surface area contributed by atoms with Crippen LogP contribution in [0.3, 0.4) is 0 Å². The van der Waals surface area contributed by atoms with Gasteiger partial charge in [0.2, 0.25) is 0 Å². The maximum absolute atomic E-state index is 3.69. The monoisotopic (exact) mass is 243 g/mol. The fourth-order valence-corrected chi connectivity index (χ4v) is 2.85. The van der Waals surface area contributed by atoms with Gasteiger partial charge >= 0.3 is 0 Å². The second-order valence-electron chi connectivity index (χ2n) is 5.60. The van der Waals surface area contributed by atoms with Gasteiger partial charge in [0.15, 0.2) is 0 Å². The summed E-state index contributed by atoms with van der Waals surface area (Å²) in [4.78, 5) is 0. The van der Waals surface area contributed by atoms with Gasteiger partial charge in [0.25, 0.3) is 0 Å². The van der Waals surface area contributed by atoms with E-state index in [2.05, 4.69) is 61.6 Å². The Morgan fingerprint density at radius 1 is 1.17 bits per heavy atom. The first-order chi connectivity index (χ1) is 8.77. The van der Waals surface area contributed by atoms with Gasteiger partial charge < -0.3 is 5.32 Å². The normalized spacial score (nSPS) is 28.7. The SMILES string of the molecule is C[C@@H]1[C@H](C)CCC[C@@H]1NC/C=C/c1ccccc1. The van der Waals surface area contributed by atoms with Gasteiger partial charge in [-0.05, 0) is 23.8 Å². The largest absolute Gasteiger partial charge is 0.310 e. The molecule has 0 bridgehead atoms. The third-order valence-corrected chi connectivity index (χ3v) is 4.31. The van der Waals surface area contributed by atoms with Crippen LogP contribution in [0.1, 0.15) is 38.7 Å². The van der Waals surface area contributed by atoms with Crippen LogP contribution in [0.15, 0.2) is 36.4 Å². The molecular weight excluding hydrogens is 218 g/mol. The van der Waals surface area contributed by atoms with E-state index in [-0.39, 0.29) is 0 Å². The van der Waals surface area contributed by atoms with Gasteiger partial charge in [0.05, 0.1) is 0 Å². The Bertz CT molecular complexity index is 368. The molecule has 1 nitrogen and oxygen atoms in total. The van der Waals surface area contributed by atoms with E-state index >= 15 is 0 Å². The molecule has 0 heterocycles. The van der Waals surface area contributed by atoms with Crippen molar-refractivity contribution in [2.45, 2.75) is 39.2 Å². The van der Waals surface area contributed by atoms with Crippen molar-refractivity contribution in [1.29, 1.82) is 0 Å². The number of hydrogen-bond acceptors (Lipinski definition) is 1. The van der Waals surface area contributed by atoms with E-state index in [1.54, 1.807) is 0 Å². The molecule has 0 unspecified atom stereocenters. The third kappa shape index (κ3) is 3.71. The van der Waals surface area contributed by atoms with Gasteiger partial charge in [-0.15, -0.1) is 0 Å². The van der Waals surface area contributed by atoms with E-state index in [1.807, 2.05) is 0 Å². The number of hydrogen-bond donors (Lipinski definition) is 1. The maximum atomic E-state index is 3.69. The molecule has 2 rings (SSSR count). The molecule has 3 atom stereocenters. The van der Waals surface area contributed by atoms with Gasteiger partial charge in [-0.1, -0.05) is 69.2 Å². The molecular formula is C17H25N. The number of rotatable bonds is 4. The first kappa shape index (κ1) is 13.4. The molecule has 1 aromatic carbocycles. The quantitative estimate of drug-likeness (QED) is 0.839. The summed E-state index contributed by atoms with van der Waals surface area (Å²) in [6, 6.07) is 11.2. The molecule has 1 N–H and O–H groups in total. The summed E-state index contributed by atoms with van der Waals surface area (Å²) in [7, 11) is 0. The van der Waals surface area contributed by atoms with E-state index in [1.165, 1.54) is 24.8 Å². The summed E-state index contributed by atoms with van der Waals surface area (Å²) in [6.45, 7) is 5.76. The second kappa shape index (κ2) is 6.75. The van der Waals surface area contributed by atoms with Crippen molar-refractivity contribution in [3.05, 3.63) is 42.0 Å². The molecule has 0 amide bonds. The van der Waals surface area contributed by atoms with Gasteiger partial charge in [-0.3, -0.25) is 0 Å². The Kier molecular flexibility index (Phi) is 5.00. The molecule has 0 aromatic heterocycles. The highest BCUT2D eigenvalue weighted by atomic mass is 14.9. The van der Waals surface area contributed by atoms with Crippen LogP contribution in [0, 0.1) is 11.8 Å². The first-order valence-corrected chi connectivity index (χ1v) is 7.22. The van der Waals surface area contributed by atoms with Gasteiger partial charge in [-0.2, -0.15) is 0 Å². The van der Waals surface area contributed by atoms with Crippen LogP contribution < -0.4 is 5.32 Å². The Balaban J connectivity index is 1.76. The highest BCUT2D eigenvalue weighted by Gasteiger charge is 2.25. The zero-order valence-corrected chi connectivity index (χ0v) is 11.6. The highest BCUT2D eigenvalue weighted by molar-refractivity contribution is 5.48. The molecule has 0 radical (unpaired) electrons. The summed E-state index contributed by atoms with van der Waals surface area (Å²) in [6.07, 6.45) is 8.56. The fourth-order valence-electron chi connectivity index (χ4n) is 2.85. The Hall–Kier alpha value is -1.08. The summed E-state index contributed by atoms with van der Waals surface area (Å²) in [5.74, 6) is 1.68. The summed E-state index contributed by atoms with van der Waals surface area (Å²) in [5.41, 5.74) is 1.28. The molecule has 1 aliphatic rings. The van der Waals surface area contributed by atoms with Crippen molar-refractivity contribution >= 4 is 6.08 Å². The van der Waals surface area contributed by atoms with Crippen LogP contribution in [0.25, 0.3) is 6.08 Å². The summed E-state index contributed by atoms with van der Waals surface area (Å²) < 4.78 is 0. The molecule has 0 aliphatic heterocycles. The lowest BCUT2D eigenvalue weighted by atomic mass is 9.78. The lowest BCUT2D eigenvalue weighted by molar-refractivity contribution is 0.211. The van der Waals surface area contributed by atoms with Gasteiger partial charge in [0, 0.05) is 12.6 Å². The van der Waals surface area contributed by atoms with Crippen molar-refractivity contribution in [1.82, 2.24) is 5.32 Å². The van der Waals surface area contributed by atoms with E-state index in [4.69, 9.17) is 0 Å². The molecule has 1 aliphatic carbocycles. The van der Waals surface area contributed by atoms with Crippen molar-refractivity contribution in [2.24, 2.45) is 11.8 Å². The van der Waals surface area contributed by atoms with E-state index in [0.717, 1.165) is 18.4 Å². The summed E-state index contributed by atoms with van der Waals surface area (Å²) in [5, 5.41) is 3.69. The van der Waals surface area contributed by atoms with E-state index in [0.29, 0.717) is 6.04 Å². The molecule has 98 valence electrons. The van der Waals surface area contributed by atoms with E-state index < -0.39 is 0 Å². The zero-order chi connectivity index (χ0) is 12.8. The smallest absolute Gasteiger partial charge is 0.0140 e. The number of benzene rings is 1. The third-order valence-electron chi connectivity index (χ3n) is 4.31. The average Bonchev–Trinajstić information content (AvgIpc) is 2.40. The first-order valence-electron chi connectivity index (χ1n) is 7.22. The van der Waals surface area contributed by atoms with Gasteiger partial charge in [-0.25, -0.2) is 0 Å². The minimum Gasteiger partial charge on any atom is -0.310 e. The minimum absolute atomic E-state index is 0.703. The fraction of sp³-hybridized carbons (Fsp3) is 0.529. The van der Waals surface area contributed by atoms with Crippen LogP contribution in [0.4, 0.5) is 0 Å². The minimum atomic E-state index is 0.703. The van der Waals surface area contributed by atoms with Crippen molar-refractivity contribution in [2.75, 3.05) is 6.54 Å². The zero-order valence-electron chi connectivity index (χ0n) is 11.6. The second-order valence-corrected chi connectivity index (χ2v) is 5.60. The van der Waals surface area contributed by atoms with Crippen LogP contribution in [0.2, 0.25) is 0 Å². The Morgan fingerprint density at radius 3 is 2.72 bits per heavy atom. The molecule has 0 saturated heterocycles. The van der Waals surface area contributed by atoms with Crippen LogP contribution >= 0.6 is 0 Å². The van der Waals surface area contributed by atoms with Crippen molar-refractivity contribution in [3.63, 3.8) is 0 Å². The maximum Gasteiger partial charge on any atom is 0.0140 e. The molecule has 1 saturated carbocycles. The van der Waals surface area contributed by atoms with Crippen molar-refractivity contribution in [3.8, 4) is 0 Å². The molecule has 1 fully saturated rings. The lowest BCUT2D eigenvalue weighted by Gasteiger charge is -2.34. The Morgan fingerprint density at radius 2 is 1.94 bits per heavy atom. The van der Waals surface area contributed by atoms with E-state index in [9.17, 15) is 0 Å². The summed E-state index contributed by atoms with van der Waals surface area (Å²) >= 11 is 0. The van der Waals surface area contributed by atoms with Crippen molar-refractivity contribution < 1.29 is 0 Å². The molecule has 1 aromatic rings. The molecule has 1 heteroatoms. The van der Waals surface area contributed by atoms with Gasteiger partial charge in [0.1, 0.15) is 0 Å². The number of nitrogens with one attached hydrogen (secondary N) is 1. The predicted octanol–water partition coefficient (Wildman–Crippen LogP) is 4.11. The lowest BCUT2D eigenvalue weighted by Crippen LogP contribution is -2.40. The predicted molar refractivity (Wildman–Crippen MR) is 79.4 cm³/mol. The van der Waals surface area contributed by atoms with Crippen LogP contribution in [-0.4, -0.2) is 12.6 Å². The average molecular weight is 243 g/mol. The Labute approximate surface area is 111 Å².